The molecule has 0 bridgehead atoms. The summed E-state index contributed by atoms with van der Waals surface area (Å²) < 4.78 is 5.08. The Kier molecular flexibility index (Phi) is 4.65. The van der Waals surface area contributed by atoms with Crippen molar-refractivity contribution >= 4 is 40.8 Å². The van der Waals surface area contributed by atoms with Crippen LogP contribution in [-0.2, 0) is 14.3 Å². The minimum absolute atomic E-state index is 0.179. The molecule has 1 N–H and O–H groups in total. The lowest BCUT2D eigenvalue weighted by Crippen LogP contribution is -2.59. The number of nitrogens with zero attached hydrogens (tertiary/aromatic N) is 2. The van der Waals surface area contributed by atoms with Crippen LogP contribution in [0.25, 0.3) is 0 Å². The molecule has 134 valence electrons. The fourth-order valence-corrected chi connectivity index (χ4v) is 2.78. The Morgan fingerprint density at radius 1 is 1.23 bits per heavy atom. The smallest absolute Gasteiger partial charge is 0.340 e. The molecule has 2 aromatic rings. The Bertz CT molecular complexity index is 880. The van der Waals surface area contributed by atoms with Crippen molar-refractivity contribution in [2.75, 3.05) is 16.8 Å². The highest BCUT2D eigenvalue weighted by molar-refractivity contribution is 6.29. The highest BCUT2D eigenvalue weighted by Crippen LogP contribution is 2.36. The molecule has 26 heavy (non-hydrogen) atoms. The molecular formula is C18H16ClN3O4. The topological polar surface area (TPSA) is 88.6 Å². The van der Waals surface area contributed by atoms with Crippen LogP contribution in [0.15, 0.2) is 42.6 Å². The molecule has 1 aromatic carbocycles. The Hall–Kier alpha value is -2.93. The number of benzene rings is 1. The summed E-state index contributed by atoms with van der Waals surface area (Å²) in [5.74, 6) is -1.53. The summed E-state index contributed by atoms with van der Waals surface area (Å²) in [6.45, 7) is 2.74. The SMILES string of the molecule is CC1(C)C(=O)Nc2ccccc2N1C(=O)COC(=O)c1ccc(Cl)nc1. The monoisotopic (exact) mass is 373 g/mol. The van der Waals surface area contributed by atoms with Crippen molar-refractivity contribution in [3.8, 4) is 0 Å². The van der Waals surface area contributed by atoms with Crippen LogP contribution in [0, 0.1) is 0 Å². The molecule has 0 saturated heterocycles. The second-order valence-corrected chi connectivity index (χ2v) is 6.59. The molecule has 0 fully saturated rings. The van der Waals surface area contributed by atoms with E-state index in [1.807, 2.05) is 0 Å². The van der Waals surface area contributed by atoms with Gasteiger partial charge in [0.25, 0.3) is 5.91 Å². The number of anilines is 2. The van der Waals surface area contributed by atoms with Crippen LogP contribution in [0.5, 0.6) is 0 Å². The summed E-state index contributed by atoms with van der Waals surface area (Å²) in [6.07, 6.45) is 1.27. The number of carbonyl (C=O) groups excluding carboxylic acids is 3. The third kappa shape index (κ3) is 3.25. The van der Waals surface area contributed by atoms with Gasteiger partial charge >= 0.3 is 5.97 Å². The Balaban J connectivity index is 1.79. The zero-order valence-electron chi connectivity index (χ0n) is 14.2. The van der Waals surface area contributed by atoms with E-state index in [2.05, 4.69) is 10.3 Å². The van der Waals surface area contributed by atoms with Crippen molar-refractivity contribution in [1.82, 2.24) is 4.98 Å². The van der Waals surface area contributed by atoms with Gasteiger partial charge in [-0.25, -0.2) is 9.78 Å². The van der Waals surface area contributed by atoms with Crippen molar-refractivity contribution in [1.29, 1.82) is 0 Å². The maximum absolute atomic E-state index is 12.7. The second kappa shape index (κ2) is 6.76. The summed E-state index contributed by atoms with van der Waals surface area (Å²) in [6, 6.07) is 9.85. The van der Waals surface area contributed by atoms with Crippen LogP contribution in [-0.4, -0.2) is 34.9 Å². The first-order valence-electron chi connectivity index (χ1n) is 7.83. The Morgan fingerprint density at radius 2 is 1.96 bits per heavy atom. The number of aromatic nitrogens is 1. The molecule has 0 saturated carbocycles. The van der Waals surface area contributed by atoms with Gasteiger partial charge < -0.3 is 10.1 Å². The third-order valence-corrected chi connectivity index (χ3v) is 4.27. The maximum Gasteiger partial charge on any atom is 0.340 e. The number of carbonyl (C=O) groups is 3. The van der Waals surface area contributed by atoms with E-state index in [1.165, 1.54) is 23.2 Å². The molecule has 8 heteroatoms. The number of amides is 2. The van der Waals surface area contributed by atoms with Crippen LogP contribution in [0.2, 0.25) is 5.15 Å². The lowest BCUT2D eigenvalue weighted by atomic mass is 9.96. The molecule has 2 amide bonds. The largest absolute Gasteiger partial charge is 0.452 e. The van der Waals surface area contributed by atoms with E-state index in [9.17, 15) is 14.4 Å². The Morgan fingerprint density at radius 3 is 2.65 bits per heavy atom. The van der Waals surface area contributed by atoms with Gasteiger partial charge in [0.05, 0.1) is 16.9 Å². The molecule has 2 heterocycles. The standard InChI is InChI=1S/C18H16ClN3O4/c1-18(2)17(25)21-12-5-3-4-6-13(12)22(18)15(23)10-26-16(24)11-7-8-14(19)20-9-11/h3-9H,10H2,1-2H3,(H,21,25). The molecule has 1 aromatic heterocycles. The van der Waals surface area contributed by atoms with E-state index in [4.69, 9.17) is 16.3 Å². The van der Waals surface area contributed by atoms with Crippen molar-refractivity contribution in [3.63, 3.8) is 0 Å². The van der Waals surface area contributed by atoms with E-state index in [1.54, 1.807) is 38.1 Å². The number of para-hydroxylation sites is 2. The first kappa shape index (κ1) is 17.9. The van der Waals surface area contributed by atoms with Crippen molar-refractivity contribution in [2.24, 2.45) is 0 Å². The number of hydrogen-bond donors (Lipinski definition) is 1. The number of fused-ring (bicyclic) bond motifs is 1. The number of rotatable bonds is 3. The lowest BCUT2D eigenvalue weighted by Gasteiger charge is -2.41. The van der Waals surface area contributed by atoms with Gasteiger partial charge in [-0.2, -0.15) is 0 Å². The van der Waals surface area contributed by atoms with Gasteiger partial charge in [0.1, 0.15) is 10.7 Å². The van der Waals surface area contributed by atoms with E-state index < -0.39 is 24.0 Å². The third-order valence-electron chi connectivity index (χ3n) is 4.05. The van der Waals surface area contributed by atoms with Crippen LogP contribution < -0.4 is 10.2 Å². The normalized spacial score (nSPS) is 15.0. The van der Waals surface area contributed by atoms with Crippen LogP contribution in [0.4, 0.5) is 11.4 Å². The number of halogens is 1. The first-order chi connectivity index (χ1) is 12.3. The molecule has 0 spiro atoms. The molecule has 7 nitrogen and oxygen atoms in total. The predicted octanol–water partition coefficient (Wildman–Crippen LogP) is 2.66. The average Bonchev–Trinajstić information content (AvgIpc) is 2.61. The van der Waals surface area contributed by atoms with Gasteiger partial charge in [0, 0.05) is 6.20 Å². The van der Waals surface area contributed by atoms with E-state index in [-0.39, 0.29) is 16.6 Å². The molecule has 3 rings (SSSR count). The highest BCUT2D eigenvalue weighted by Gasteiger charge is 2.43. The molecule has 0 atom stereocenters. The zero-order valence-corrected chi connectivity index (χ0v) is 14.9. The predicted molar refractivity (Wildman–Crippen MR) is 96.2 cm³/mol. The summed E-state index contributed by atoms with van der Waals surface area (Å²) in [5.41, 5.74) is 0.127. The quantitative estimate of drug-likeness (QED) is 0.660. The summed E-state index contributed by atoms with van der Waals surface area (Å²) in [7, 11) is 0. The fourth-order valence-electron chi connectivity index (χ4n) is 2.67. The number of esters is 1. The van der Waals surface area contributed by atoms with E-state index in [0.29, 0.717) is 11.4 Å². The van der Waals surface area contributed by atoms with Crippen molar-refractivity contribution in [2.45, 2.75) is 19.4 Å². The summed E-state index contributed by atoms with van der Waals surface area (Å²) >= 11 is 5.68. The molecule has 0 unspecified atom stereocenters. The van der Waals surface area contributed by atoms with E-state index >= 15 is 0 Å². The van der Waals surface area contributed by atoms with Gasteiger partial charge in [-0.05, 0) is 38.1 Å². The van der Waals surface area contributed by atoms with Gasteiger partial charge in [0.15, 0.2) is 6.61 Å². The lowest BCUT2D eigenvalue weighted by molar-refractivity contribution is -0.128. The minimum atomic E-state index is -1.13. The summed E-state index contributed by atoms with van der Waals surface area (Å²) in [5, 5.41) is 3.02. The molecule has 1 aliphatic heterocycles. The average molecular weight is 374 g/mol. The number of ether oxygens (including phenoxy) is 1. The number of nitrogens with one attached hydrogen (secondary N) is 1. The summed E-state index contributed by atoms with van der Waals surface area (Å²) in [4.78, 5) is 42.3. The Labute approximate surface area is 154 Å². The van der Waals surface area contributed by atoms with Gasteiger partial charge in [-0.15, -0.1) is 0 Å². The molecule has 1 aliphatic rings. The molecular weight excluding hydrogens is 358 g/mol. The van der Waals surface area contributed by atoms with Gasteiger partial charge in [0.2, 0.25) is 5.91 Å². The van der Waals surface area contributed by atoms with Crippen LogP contribution in [0.1, 0.15) is 24.2 Å². The van der Waals surface area contributed by atoms with Gasteiger partial charge in [-0.3, -0.25) is 14.5 Å². The van der Waals surface area contributed by atoms with Crippen LogP contribution >= 0.6 is 11.6 Å². The highest BCUT2D eigenvalue weighted by atomic mass is 35.5. The van der Waals surface area contributed by atoms with Crippen molar-refractivity contribution < 1.29 is 19.1 Å². The molecule has 0 radical (unpaired) electrons. The maximum atomic E-state index is 12.7. The number of hydrogen-bond acceptors (Lipinski definition) is 5. The molecule has 0 aliphatic carbocycles. The fraction of sp³-hybridized carbons (Fsp3) is 0.222. The zero-order chi connectivity index (χ0) is 18.9. The first-order valence-corrected chi connectivity index (χ1v) is 8.21. The van der Waals surface area contributed by atoms with E-state index in [0.717, 1.165) is 0 Å². The van der Waals surface area contributed by atoms with Crippen molar-refractivity contribution in [3.05, 3.63) is 53.3 Å². The minimum Gasteiger partial charge on any atom is -0.452 e. The second-order valence-electron chi connectivity index (χ2n) is 6.21. The van der Waals surface area contributed by atoms with Gasteiger partial charge in [-0.1, -0.05) is 23.7 Å². The van der Waals surface area contributed by atoms with Crippen LogP contribution in [0.3, 0.4) is 0 Å². The number of pyridine rings is 1.